The molecule has 4 rings (SSSR count). The van der Waals surface area contributed by atoms with Gasteiger partial charge in [0, 0.05) is 29.9 Å². The molecule has 0 bridgehead atoms. The minimum atomic E-state index is 0.241. The van der Waals surface area contributed by atoms with Gasteiger partial charge in [-0.05, 0) is 31.5 Å². The van der Waals surface area contributed by atoms with Crippen LogP contribution < -0.4 is 0 Å². The first-order chi connectivity index (χ1) is 12.2. The predicted molar refractivity (Wildman–Crippen MR) is 90.5 cm³/mol. The van der Waals surface area contributed by atoms with E-state index in [2.05, 4.69) is 45.1 Å². The van der Waals surface area contributed by atoms with Gasteiger partial charge < -0.3 is 9.05 Å². The fraction of sp³-hybridized carbons (Fsp3) is 0.444. The highest BCUT2D eigenvalue weighted by molar-refractivity contribution is 5.51. The van der Waals surface area contributed by atoms with Crippen LogP contribution in [0.2, 0.25) is 0 Å². The van der Waals surface area contributed by atoms with Gasteiger partial charge in [-0.25, -0.2) is 0 Å². The number of likely N-dealkylation sites (tertiary alicyclic amines) is 1. The van der Waals surface area contributed by atoms with Crippen molar-refractivity contribution in [2.24, 2.45) is 0 Å². The Hall–Kier alpha value is -2.54. The first-order valence-electron chi connectivity index (χ1n) is 8.64. The van der Waals surface area contributed by atoms with Crippen LogP contribution >= 0.6 is 0 Å². The molecule has 0 saturated carbocycles. The summed E-state index contributed by atoms with van der Waals surface area (Å²) in [6.45, 7) is 5.81. The summed E-state index contributed by atoms with van der Waals surface area (Å²) in [5, 5.41) is 8.34. The highest BCUT2D eigenvalue weighted by Gasteiger charge is 2.30. The van der Waals surface area contributed by atoms with Gasteiger partial charge >= 0.3 is 0 Å². The second kappa shape index (κ2) is 6.76. The standard InChI is InChI=1S/C18H21N5O2/c1-12(2)16-9-14(21-24-16)15-6-4-8-23(15)11-17-20-18(22-25-17)13-5-3-7-19-10-13/h3,5,7,9-10,12,15H,4,6,8,11H2,1-2H3/t15-/m1/s1. The van der Waals surface area contributed by atoms with Crippen molar-refractivity contribution in [3.05, 3.63) is 47.9 Å². The summed E-state index contributed by atoms with van der Waals surface area (Å²) in [4.78, 5) is 10.9. The average molecular weight is 339 g/mol. The Labute approximate surface area is 146 Å². The number of rotatable bonds is 5. The SMILES string of the molecule is CC(C)c1cc([C@H]2CCCN2Cc2nc(-c3cccnc3)no2)no1. The van der Waals surface area contributed by atoms with Crippen molar-refractivity contribution in [2.45, 2.75) is 45.2 Å². The molecular weight excluding hydrogens is 318 g/mol. The molecule has 130 valence electrons. The quantitative estimate of drug-likeness (QED) is 0.702. The molecule has 1 aliphatic rings. The van der Waals surface area contributed by atoms with Gasteiger partial charge in [0.15, 0.2) is 0 Å². The van der Waals surface area contributed by atoms with Crippen LogP contribution in [0, 0.1) is 0 Å². The second-order valence-corrected chi connectivity index (χ2v) is 6.69. The number of pyridine rings is 1. The average Bonchev–Trinajstić information content (AvgIpc) is 3.36. The maximum Gasteiger partial charge on any atom is 0.241 e. The molecule has 3 aromatic rings. The van der Waals surface area contributed by atoms with Gasteiger partial charge in [0.05, 0.1) is 12.6 Å². The van der Waals surface area contributed by atoms with Crippen LogP contribution in [-0.4, -0.2) is 31.7 Å². The maximum absolute atomic E-state index is 5.46. The summed E-state index contributed by atoms with van der Waals surface area (Å²) < 4.78 is 10.9. The summed E-state index contributed by atoms with van der Waals surface area (Å²) in [6.07, 6.45) is 5.64. The lowest BCUT2D eigenvalue weighted by atomic mass is 10.1. The summed E-state index contributed by atoms with van der Waals surface area (Å²) in [5.74, 6) is 2.45. The van der Waals surface area contributed by atoms with Gasteiger partial charge in [0.25, 0.3) is 0 Å². The molecule has 0 aromatic carbocycles. The summed E-state index contributed by atoms with van der Waals surface area (Å²) in [6, 6.07) is 6.09. The molecule has 25 heavy (non-hydrogen) atoms. The maximum atomic E-state index is 5.46. The van der Waals surface area contributed by atoms with Crippen molar-refractivity contribution >= 4 is 0 Å². The van der Waals surface area contributed by atoms with Crippen LogP contribution in [0.1, 0.15) is 56.0 Å². The Bertz CT molecular complexity index is 827. The van der Waals surface area contributed by atoms with Gasteiger partial charge in [-0.1, -0.05) is 24.2 Å². The van der Waals surface area contributed by atoms with E-state index in [4.69, 9.17) is 9.05 Å². The minimum absolute atomic E-state index is 0.241. The van der Waals surface area contributed by atoms with Crippen molar-refractivity contribution in [3.8, 4) is 11.4 Å². The Morgan fingerprint density at radius 2 is 2.20 bits per heavy atom. The second-order valence-electron chi connectivity index (χ2n) is 6.69. The molecule has 0 N–H and O–H groups in total. The molecule has 1 saturated heterocycles. The van der Waals surface area contributed by atoms with Gasteiger partial charge in [-0.2, -0.15) is 4.98 Å². The molecule has 1 fully saturated rings. The highest BCUT2D eigenvalue weighted by atomic mass is 16.5. The summed E-state index contributed by atoms with van der Waals surface area (Å²) in [7, 11) is 0. The van der Waals surface area contributed by atoms with Gasteiger partial charge in [0.1, 0.15) is 11.5 Å². The zero-order valence-electron chi connectivity index (χ0n) is 14.4. The van der Waals surface area contributed by atoms with Crippen LogP contribution in [0.15, 0.2) is 39.6 Å². The number of hydrogen-bond acceptors (Lipinski definition) is 7. The van der Waals surface area contributed by atoms with Gasteiger partial charge in [-0.3, -0.25) is 9.88 Å². The van der Waals surface area contributed by atoms with Crippen molar-refractivity contribution in [1.82, 2.24) is 25.2 Å². The van der Waals surface area contributed by atoms with Crippen molar-refractivity contribution < 1.29 is 9.05 Å². The van der Waals surface area contributed by atoms with Crippen LogP contribution in [0.4, 0.5) is 0 Å². The number of aromatic nitrogens is 4. The molecule has 1 atom stereocenters. The largest absolute Gasteiger partial charge is 0.361 e. The molecule has 0 spiro atoms. The van der Waals surface area contributed by atoms with Crippen LogP contribution in [-0.2, 0) is 6.54 Å². The molecular formula is C18H21N5O2. The van der Waals surface area contributed by atoms with Crippen LogP contribution in [0.3, 0.4) is 0 Å². The number of nitrogens with zero attached hydrogens (tertiary/aromatic N) is 5. The molecule has 0 aliphatic carbocycles. The van der Waals surface area contributed by atoms with Crippen LogP contribution in [0.25, 0.3) is 11.4 Å². The third-order valence-electron chi connectivity index (χ3n) is 4.55. The summed E-state index contributed by atoms with van der Waals surface area (Å²) in [5.41, 5.74) is 1.85. The van der Waals surface area contributed by atoms with E-state index in [9.17, 15) is 0 Å². The lowest BCUT2D eigenvalue weighted by molar-refractivity contribution is 0.204. The molecule has 0 unspecified atom stereocenters. The zero-order chi connectivity index (χ0) is 17.2. The summed E-state index contributed by atoms with van der Waals surface area (Å²) >= 11 is 0. The van der Waals surface area contributed by atoms with Gasteiger partial charge in [-0.15, -0.1) is 0 Å². The topological polar surface area (TPSA) is 81.1 Å². The Morgan fingerprint density at radius 3 is 2.96 bits per heavy atom. The third-order valence-corrected chi connectivity index (χ3v) is 4.55. The zero-order valence-corrected chi connectivity index (χ0v) is 14.4. The first kappa shape index (κ1) is 16.0. The number of hydrogen-bond donors (Lipinski definition) is 0. The molecule has 0 radical (unpaired) electrons. The van der Waals surface area contributed by atoms with E-state index >= 15 is 0 Å². The minimum Gasteiger partial charge on any atom is -0.361 e. The smallest absolute Gasteiger partial charge is 0.241 e. The van der Waals surface area contributed by atoms with E-state index in [0.717, 1.165) is 36.4 Å². The monoisotopic (exact) mass is 339 g/mol. The molecule has 7 heteroatoms. The van der Waals surface area contributed by atoms with E-state index < -0.39 is 0 Å². The van der Waals surface area contributed by atoms with Crippen LogP contribution in [0.5, 0.6) is 0 Å². The molecule has 0 amide bonds. The molecule has 1 aliphatic heterocycles. The van der Waals surface area contributed by atoms with Crippen molar-refractivity contribution in [2.75, 3.05) is 6.54 Å². The van der Waals surface area contributed by atoms with E-state index in [0.29, 0.717) is 24.2 Å². The van der Waals surface area contributed by atoms with Crippen molar-refractivity contribution in [3.63, 3.8) is 0 Å². The van der Waals surface area contributed by atoms with E-state index in [1.807, 2.05) is 12.1 Å². The fourth-order valence-corrected chi connectivity index (χ4v) is 3.19. The Balaban J connectivity index is 1.49. The molecule has 7 nitrogen and oxygen atoms in total. The lowest BCUT2D eigenvalue weighted by Gasteiger charge is -2.20. The van der Waals surface area contributed by atoms with Gasteiger partial charge in [0.2, 0.25) is 11.7 Å². The molecule has 4 heterocycles. The normalized spacial score (nSPS) is 18.3. The third kappa shape index (κ3) is 3.32. The molecule has 3 aromatic heterocycles. The predicted octanol–water partition coefficient (Wildman–Crippen LogP) is 3.58. The van der Waals surface area contributed by atoms with Crippen molar-refractivity contribution in [1.29, 1.82) is 0 Å². The lowest BCUT2D eigenvalue weighted by Crippen LogP contribution is -2.23. The van der Waals surface area contributed by atoms with E-state index in [1.54, 1.807) is 12.4 Å². The van der Waals surface area contributed by atoms with E-state index in [1.165, 1.54) is 0 Å². The fourth-order valence-electron chi connectivity index (χ4n) is 3.19. The van der Waals surface area contributed by atoms with E-state index in [-0.39, 0.29) is 6.04 Å². The first-order valence-corrected chi connectivity index (χ1v) is 8.64. The Morgan fingerprint density at radius 1 is 1.28 bits per heavy atom. The Kier molecular flexibility index (Phi) is 4.31. The highest BCUT2D eigenvalue weighted by Crippen LogP contribution is 2.33.